The Labute approximate surface area is 119 Å². The maximum absolute atomic E-state index is 12.2. The fourth-order valence-corrected chi connectivity index (χ4v) is 2.01. The van der Waals surface area contributed by atoms with Gasteiger partial charge < -0.3 is 16.0 Å². The Morgan fingerprint density at radius 2 is 2.16 bits per heavy atom. The van der Waals surface area contributed by atoms with Crippen LogP contribution in [0.5, 0.6) is 0 Å². The van der Waals surface area contributed by atoms with Crippen LogP contribution < -0.4 is 11.1 Å². The number of aromatic nitrogens is 1. The third kappa shape index (κ3) is 3.89. The van der Waals surface area contributed by atoms with Crippen molar-refractivity contribution in [3.05, 3.63) is 24.0 Å². The number of anilines is 1. The highest BCUT2D eigenvalue weighted by molar-refractivity contribution is 7.80. The summed E-state index contributed by atoms with van der Waals surface area (Å²) in [6, 6.07) is 1.39. The number of nitrogens with two attached hydrogens (primary N) is 1. The number of hydrogen-bond acceptors (Lipinski definition) is 4. The molecule has 0 fully saturated rings. The van der Waals surface area contributed by atoms with E-state index in [1.165, 1.54) is 0 Å². The smallest absolute Gasteiger partial charge is 0.244 e. The molecule has 5 nitrogen and oxygen atoms in total. The van der Waals surface area contributed by atoms with Crippen LogP contribution in [-0.2, 0) is 4.79 Å². The van der Waals surface area contributed by atoms with E-state index in [-0.39, 0.29) is 16.9 Å². The molecule has 0 aliphatic rings. The number of likely N-dealkylation sites (N-methyl/N-ethyl adjacent to an activating group) is 1. The van der Waals surface area contributed by atoms with Crippen LogP contribution in [-0.4, -0.2) is 39.9 Å². The molecule has 0 radical (unpaired) electrons. The standard InChI is InChI=1S/C13H20N4OS/c1-4-17(5-2)13(18)9(3)16-11-8-15-7-6-10(11)12(14)19/h6-9,16H,4-5H2,1-3H3,(H2,14,19). The molecule has 0 aliphatic carbocycles. The molecule has 1 unspecified atom stereocenters. The van der Waals surface area contributed by atoms with Crippen molar-refractivity contribution >= 4 is 28.8 Å². The lowest BCUT2D eigenvalue weighted by Crippen LogP contribution is -2.41. The molecular weight excluding hydrogens is 260 g/mol. The molecule has 1 atom stereocenters. The summed E-state index contributed by atoms with van der Waals surface area (Å²) >= 11 is 4.98. The molecule has 0 spiro atoms. The van der Waals surface area contributed by atoms with E-state index in [9.17, 15) is 4.79 Å². The SMILES string of the molecule is CCN(CC)C(=O)C(C)Nc1cnccc1C(N)=S. The van der Waals surface area contributed by atoms with Crippen molar-refractivity contribution in [3.8, 4) is 0 Å². The van der Waals surface area contributed by atoms with Crippen LogP contribution in [0.3, 0.4) is 0 Å². The van der Waals surface area contributed by atoms with Crippen LogP contribution in [0.2, 0.25) is 0 Å². The monoisotopic (exact) mass is 280 g/mol. The van der Waals surface area contributed by atoms with Crippen LogP contribution in [0.25, 0.3) is 0 Å². The largest absolute Gasteiger partial charge is 0.389 e. The Morgan fingerprint density at radius 3 is 2.68 bits per heavy atom. The third-order valence-corrected chi connectivity index (χ3v) is 3.12. The van der Waals surface area contributed by atoms with Gasteiger partial charge in [-0.25, -0.2) is 0 Å². The van der Waals surface area contributed by atoms with Gasteiger partial charge in [0.25, 0.3) is 0 Å². The zero-order chi connectivity index (χ0) is 14.4. The van der Waals surface area contributed by atoms with Crippen LogP contribution in [0.4, 0.5) is 5.69 Å². The summed E-state index contributed by atoms with van der Waals surface area (Å²) in [4.78, 5) is 18.2. The Kier molecular flexibility index (Phi) is 5.69. The first-order chi connectivity index (χ1) is 9.01. The average Bonchev–Trinajstić information content (AvgIpc) is 2.40. The first-order valence-corrected chi connectivity index (χ1v) is 6.71. The number of nitrogens with zero attached hydrogens (tertiary/aromatic N) is 2. The predicted octanol–water partition coefficient (Wildman–Crippen LogP) is 1.38. The lowest BCUT2D eigenvalue weighted by atomic mass is 10.2. The number of nitrogens with one attached hydrogen (secondary N) is 1. The van der Waals surface area contributed by atoms with Gasteiger partial charge in [-0.3, -0.25) is 9.78 Å². The Hall–Kier alpha value is -1.69. The number of thiocarbonyl (C=S) groups is 1. The minimum absolute atomic E-state index is 0.0442. The quantitative estimate of drug-likeness (QED) is 0.770. The highest BCUT2D eigenvalue weighted by Gasteiger charge is 2.19. The number of carbonyl (C=O) groups is 1. The molecule has 1 amide bonds. The van der Waals surface area contributed by atoms with E-state index in [0.717, 1.165) is 0 Å². The number of hydrogen-bond donors (Lipinski definition) is 2. The summed E-state index contributed by atoms with van der Waals surface area (Å²) in [6.45, 7) is 7.11. The number of amides is 1. The zero-order valence-corrected chi connectivity index (χ0v) is 12.3. The summed E-state index contributed by atoms with van der Waals surface area (Å²) in [5.74, 6) is 0.0442. The molecule has 1 aromatic heterocycles. The second-order valence-corrected chi connectivity index (χ2v) is 4.60. The van der Waals surface area contributed by atoms with Crippen LogP contribution in [0.15, 0.2) is 18.5 Å². The molecule has 3 N–H and O–H groups in total. The van der Waals surface area contributed by atoms with E-state index in [0.29, 0.717) is 24.3 Å². The van der Waals surface area contributed by atoms with Crippen molar-refractivity contribution in [3.63, 3.8) is 0 Å². The van der Waals surface area contributed by atoms with Gasteiger partial charge in [-0.2, -0.15) is 0 Å². The molecule has 0 saturated carbocycles. The molecule has 0 bridgehead atoms. The van der Waals surface area contributed by atoms with Crippen molar-refractivity contribution in [2.45, 2.75) is 26.8 Å². The molecule has 1 rings (SSSR count). The number of rotatable bonds is 6. The second-order valence-electron chi connectivity index (χ2n) is 4.16. The Morgan fingerprint density at radius 1 is 1.53 bits per heavy atom. The van der Waals surface area contributed by atoms with Gasteiger partial charge in [-0.15, -0.1) is 0 Å². The van der Waals surface area contributed by atoms with Crippen molar-refractivity contribution in [2.75, 3.05) is 18.4 Å². The van der Waals surface area contributed by atoms with E-state index < -0.39 is 0 Å². The summed E-state index contributed by atoms with van der Waals surface area (Å²) in [6.07, 6.45) is 3.25. The second kappa shape index (κ2) is 7.04. The summed E-state index contributed by atoms with van der Waals surface area (Å²) in [5.41, 5.74) is 7.03. The van der Waals surface area contributed by atoms with E-state index >= 15 is 0 Å². The van der Waals surface area contributed by atoms with Crippen LogP contribution in [0.1, 0.15) is 26.3 Å². The lowest BCUT2D eigenvalue weighted by Gasteiger charge is -2.24. The maximum atomic E-state index is 12.2. The van der Waals surface area contributed by atoms with E-state index in [4.69, 9.17) is 18.0 Å². The summed E-state index contributed by atoms with van der Waals surface area (Å²) in [7, 11) is 0. The van der Waals surface area contributed by atoms with Gasteiger partial charge in [-0.1, -0.05) is 12.2 Å². The Bertz CT molecular complexity index is 460. The Balaban J connectivity index is 2.85. The van der Waals surface area contributed by atoms with E-state index in [1.807, 2.05) is 20.8 Å². The maximum Gasteiger partial charge on any atom is 0.244 e. The number of carbonyl (C=O) groups excluding carboxylic acids is 1. The summed E-state index contributed by atoms with van der Waals surface area (Å²) in [5, 5.41) is 3.12. The van der Waals surface area contributed by atoms with Crippen molar-refractivity contribution in [1.82, 2.24) is 9.88 Å². The van der Waals surface area contributed by atoms with Gasteiger partial charge in [0.05, 0.1) is 11.9 Å². The molecular formula is C13H20N4OS. The molecule has 19 heavy (non-hydrogen) atoms. The fraction of sp³-hybridized carbons (Fsp3) is 0.462. The predicted molar refractivity (Wildman–Crippen MR) is 81.1 cm³/mol. The molecule has 0 saturated heterocycles. The third-order valence-electron chi connectivity index (χ3n) is 2.90. The van der Waals surface area contributed by atoms with Gasteiger partial charge in [0.15, 0.2) is 0 Å². The molecule has 1 aromatic rings. The topological polar surface area (TPSA) is 71.2 Å². The molecule has 6 heteroatoms. The fourth-order valence-electron chi connectivity index (χ4n) is 1.83. The van der Waals surface area contributed by atoms with E-state index in [2.05, 4.69) is 10.3 Å². The molecule has 0 aromatic carbocycles. The molecule has 104 valence electrons. The van der Waals surface area contributed by atoms with Crippen molar-refractivity contribution in [2.24, 2.45) is 5.73 Å². The molecule has 0 aliphatic heterocycles. The van der Waals surface area contributed by atoms with Crippen LogP contribution in [0, 0.1) is 0 Å². The highest BCUT2D eigenvalue weighted by atomic mass is 32.1. The van der Waals surface area contributed by atoms with Gasteiger partial charge in [-0.05, 0) is 26.8 Å². The van der Waals surface area contributed by atoms with Gasteiger partial charge >= 0.3 is 0 Å². The van der Waals surface area contributed by atoms with Crippen molar-refractivity contribution < 1.29 is 4.79 Å². The lowest BCUT2D eigenvalue weighted by molar-refractivity contribution is -0.131. The van der Waals surface area contributed by atoms with Gasteiger partial charge in [0.2, 0.25) is 5.91 Å². The first-order valence-electron chi connectivity index (χ1n) is 6.30. The average molecular weight is 280 g/mol. The van der Waals surface area contributed by atoms with Gasteiger partial charge in [0, 0.05) is 24.8 Å². The minimum Gasteiger partial charge on any atom is -0.389 e. The van der Waals surface area contributed by atoms with Crippen LogP contribution >= 0.6 is 12.2 Å². The normalized spacial score (nSPS) is 11.7. The highest BCUT2D eigenvalue weighted by Crippen LogP contribution is 2.15. The zero-order valence-electron chi connectivity index (χ0n) is 11.5. The first kappa shape index (κ1) is 15.4. The van der Waals surface area contributed by atoms with E-state index in [1.54, 1.807) is 23.4 Å². The molecule has 1 heterocycles. The minimum atomic E-state index is -0.350. The van der Waals surface area contributed by atoms with Crippen molar-refractivity contribution in [1.29, 1.82) is 0 Å². The van der Waals surface area contributed by atoms with Gasteiger partial charge in [0.1, 0.15) is 11.0 Å². The summed E-state index contributed by atoms with van der Waals surface area (Å²) < 4.78 is 0. The number of pyridine rings is 1.